The van der Waals surface area contributed by atoms with Crippen molar-refractivity contribution < 1.29 is 14.3 Å². The number of hydrogen-bond acceptors (Lipinski definition) is 4. The van der Waals surface area contributed by atoms with Crippen molar-refractivity contribution in [3.63, 3.8) is 0 Å². The van der Waals surface area contributed by atoms with Crippen LogP contribution < -0.4 is 20.1 Å². The molecule has 98 valence electrons. The van der Waals surface area contributed by atoms with Crippen LogP contribution in [-0.4, -0.2) is 39.3 Å². The summed E-state index contributed by atoms with van der Waals surface area (Å²) in [6.07, 6.45) is 0.589. The number of hydrogen-bond donors (Lipinski definition) is 2. The number of piperazine rings is 1. The van der Waals surface area contributed by atoms with Gasteiger partial charge < -0.3 is 20.1 Å². The zero-order valence-corrected chi connectivity index (χ0v) is 10.7. The molecule has 1 fully saturated rings. The maximum atomic E-state index is 11.7. The molecule has 0 saturated carbocycles. The molecule has 1 heterocycles. The number of carbonyl (C=O) groups is 1. The number of rotatable bonds is 4. The van der Waals surface area contributed by atoms with Crippen molar-refractivity contribution in [3.8, 4) is 11.5 Å². The molecule has 1 aromatic rings. The van der Waals surface area contributed by atoms with Crippen molar-refractivity contribution >= 4 is 5.91 Å². The molecule has 2 rings (SSSR count). The number of methoxy groups -OCH3 is 2. The Balaban J connectivity index is 2.18. The van der Waals surface area contributed by atoms with Crippen molar-refractivity contribution in [1.82, 2.24) is 10.6 Å². The van der Waals surface area contributed by atoms with E-state index < -0.39 is 0 Å². The van der Waals surface area contributed by atoms with E-state index in [-0.39, 0.29) is 11.9 Å². The molecule has 0 unspecified atom stereocenters. The van der Waals surface area contributed by atoms with E-state index in [9.17, 15) is 4.79 Å². The number of carbonyl (C=O) groups excluding carboxylic acids is 1. The van der Waals surface area contributed by atoms with Crippen LogP contribution in [0.1, 0.15) is 5.56 Å². The van der Waals surface area contributed by atoms with Gasteiger partial charge in [-0.15, -0.1) is 0 Å². The molecule has 0 bridgehead atoms. The Bertz CT molecular complexity index is 434. The van der Waals surface area contributed by atoms with Gasteiger partial charge in [0.15, 0.2) is 0 Å². The summed E-state index contributed by atoms with van der Waals surface area (Å²) in [5, 5.41) is 6.04. The minimum atomic E-state index is -0.209. The maximum absolute atomic E-state index is 11.7. The van der Waals surface area contributed by atoms with E-state index in [4.69, 9.17) is 9.47 Å². The average Bonchev–Trinajstić information content (AvgIpc) is 2.41. The second-order valence-corrected chi connectivity index (χ2v) is 4.18. The summed E-state index contributed by atoms with van der Waals surface area (Å²) in [7, 11) is 3.25. The van der Waals surface area contributed by atoms with Crippen molar-refractivity contribution in [2.24, 2.45) is 0 Å². The lowest BCUT2D eigenvalue weighted by molar-refractivity contribution is -0.124. The number of nitrogens with one attached hydrogen (secondary N) is 2. The average molecular weight is 250 g/mol. The molecule has 1 aliphatic rings. The Labute approximate surface area is 106 Å². The van der Waals surface area contributed by atoms with Gasteiger partial charge in [0.1, 0.15) is 11.5 Å². The van der Waals surface area contributed by atoms with Crippen molar-refractivity contribution in [3.05, 3.63) is 23.8 Å². The van der Waals surface area contributed by atoms with Crippen LogP contribution in [0.25, 0.3) is 0 Å². The lowest BCUT2D eigenvalue weighted by Crippen LogP contribution is -2.53. The highest BCUT2D eigenvalue weighted by molar-refractivity contribution is 5.82. The SMILES string of the molecule is COc1ccc(OC)c(C[C@H]2NCCNC2=O)c1. The van der Waals surface area contributed by atoms with E-state index in [0.29, 0.717) is 13.0 Å². The van der Waals surface area contributed by atoms with Crippen LogP contribution in [0.5, 0.6) is 11.5 Å². The van der Waals surface area contributed by atoms with E-state index in [1.807, 2.05) is 18.2 Å². The van der Waals surface area contributed by atoms with Gasteiger partial charge in [-0.05, 0) is 23.8 Å². The molecule has 1 saturated heterocycles. The Hall–Kier alpha value is -1.75. The molecule has 0 radical (unpaired) electrons. The summed E-state index contributed by atoms with van der Waals surface area (Å²) >= 11 is 0. The second kappa shape index (κ2) is 5.73. The predicted octanol–water partition coefficient (Wildman–Crippen LogP) is 0.334. The summed E-state index contributed by atoms with van der Waals surface area (Å²) in [5.74, 6) is 1.57. The fourth-order valence-corrected chi connectivity index (χ4v) is 2.07. The van der Waals surface area contributed by atoms with Gasteiger partial charge in [0, 0.05) is 19.5 Å². The van der Waals surface area contributed by atoms with Crippen LogP contribution in [0.15, 0.2) is 18.2 Å². The molecule has 5 heteroatoms. The summed E-state index contributed by atoms with van der Waals surface area (Å²) < 4.78 is 10.5. The number of benzene rings is 1. The zero-order chi connectivity index (χ0) is 13.0. The van der Waals surface area contributed by atoms with Crippen LogP contribution in [0.4, 0.5) is 0 Å². The van der Waals surface area contributed by atoms with Gasteiger partial charge >= 0.3 is 0 Å². The predicted molar refractivity (Wildman–Crippen MR) is 68.1 cm³/mol. The first-order valence-electron chi connectivity index (χ1n) is 5.96. The fraction of sp³-hybridized carbons (Fsp3) is 0.462. The first-order chi connectivity index (χ1) is 8.74. The smallest absolute Gasteiger partial charge is 0.237 e. The fourth-order valence-electron chi connectivity index (χ4n) is 2.07. The van der Waals surface area contributed by atoms with E-state index in [2.05, 4.69) is 10.6 Å². The summed E-state index contributed by atoms with van der Waals surface area (Å²) in [6, 6.07) is 5.40. The molecule has 0 aromatic heterocycles. The zero-order valence-electron chi connectivity index (χ0n) is 10.7. The Morgan fingerprint density at radius 1 is 1.28 bits per heavy atom. The van der Waals surface area contributed by atoms with Crippen LogP contribution in [0.2, 0.25) is 0 Å². The number of amides is 1. The third-order valence-electron chi connectivity index (χ3n) is 3.04. The van der Waals surface area contributed by atoms with Crippen LogP contribution in [-0.2, 0) is 11.2 Å². The number of ether oxygens (including phenoxy) is 2. The largest absolute Gasteiger partial charge is 0.497 e. The molecule has 1 aromatic carbocycles. The van der Waals surface area contributed by atoms with Crippen molar-refractivity contribution in [2.45, 2.75) is 12.5 Å². The molecule has 18 heavy (non-hydrogen) atoms. The van der Waals surface area contributed by atoms with Crippen molar-refractivity contribution in [1.29, 1.82) is 0 Å². The summed E-state index contributed by atoms with van der Waals surface area (Å²) in [5.41, 5.74) is 0.964. The normalized spacial score (nSPS) is 19.2. The van der Waals surface area contributed by atoms with Crippen molar-refractivity contribution in [2.75, 3.05) is 27.3 Å². The van der Waals surface area contributed by atoms with Gasteiger partial charge in [0.05, 0.1) is 20.3 Å². The Morgan fingerprint density at radius 3 is 2.78 bits per heavy atom. The molecule has 0 spiro atoms. The van der Waals surface area contributed by atoms with Crippen LogP contribution in [0.3, 0.4) is 0 Å². The van der Waals surface area contributed by atoms with Gasteiger partial charge in [-0.25, -0.2) is 0 Å². The quantitative estimate of drug-likeness (QED) is 0.808. The molecule has 1 amide bonds. The minimum Gasteiger partial charge on any atom is -0.497 e. The molecular formula is C13H18N2O3. The lowest BCUT2D eigenvalue weighted by Gasteiger charge is -2.24. The van der Waals surface area contributed by atoms with Gasteiger partial charge in [-0.3, -0.25) is 4.79 Å². The second-order valence-electron chi connectivity index (χ2n) is 4.18. The van der Waals surface area contributed by atoms with Crippen LogP contribution in [0, 0.1) is 0 Å². The molecule has 5 nitrogen and oxygen atoms in total. The van der Waals surface area contributed by atoms with Gasteiger partial charge in [0.25, 0.3) is 0 Å². The Morgan fingerprint density at radius 2 is 2.11 bits per heavy atom. The topological polar surface area (TPSA) is 59.6 Å². The van der Waals surface area contributed by atoms with E-state index in [0.717, 1.165) is 23.6 Å². The molecular weight excluding hydrogens is 232 g/mol. The molecule has 1 atom stereocenters. The highest BCUT2D eigenvalue weighted by Crippen LogP contribution is 2.25. The first kappa shape index (κ1) is 12.7. The van der Waals surface area contributed by atoms with E-state index in [1.165, 1.54) is 0 Å². The van der Waals surface area contributed by atoms with E-state index >= 15 is 0 Å². The van der Waals surface area contributed by atoms with Gasteiger partial charge in [-0.2, -0.15) is 0 Å². The monoisotopic (exact) mass is 250 g/mol. The highest BCUT2D eigenvalue weighted by Gasteiger charge is 2.23. The third kappa shape index (κ3) is 2.73. The van der Waals surface area contributed by atoms with Gasteiger partial charge in [0.2, 0.25) is 5.91 Å². The molecule has 0 aliphatic carbocycles. The van der Waals surface area contributed by atoms with Gasteiger partial charge in [-0.1, -0.05) is 0 Å². The summed E-state index contributed by atoms with van der Waals surface area (Å²) in [4.78, 5) is 11.7. The third-order valence-corrected chi connectivity index (χ3v) is 3.04. The molecule has 2 N–H and O–H groups in total. The summed E-state index contributed by atoms with van der Waals surface area (Å²) in [6.45, 7) is 1.48. The molecule has 1 aliphatic heterocycles. The standard InChI is InChI=1S/C13H18N2O3/c1-17-10-3-4-12(18-2)9(7-10)8-11-13(16)15-6-5-14-11/h3-4,7,11,14H,5-6,8H2,1-2H3,(H,15,16)/t11-/m1/s1. The maximum Gasteiger partial charge on any atom is 0.237 e. The highest BCUT2D eigenvalue weighted by atomic mass is 16.5. The Kier molecular flexibility index (Phi) is 4.04. The minimum absolute atomic E-state index is 0.0334. The first-order valence-corrected chi connectivity index (χ1v) is 5.96. The van der Waals surface area contributed by atoms with Crippen LogP contribution >= 0.6 is 0 Å². The lowest BCUT2D eigenvalue weighted by atomic mass is 10.0. The van der Waals surface area contributed by atoms with E-state index in [1.54, 1.807) is 14.2 Å².